The van der Waals surface area contributed by atoms with E-state index in [4.69, 9.17) is 19.2 Å². The van der Waals surface area contributed by atoms with Crippen LogP contribution in [0.25, 0.3) is 22.0 Å². The van der Waals surface area contributed by atoms with Gasteiger partial charge in [-0.05, 0) is 61.4 Å². The molecule has 2 saturated carbocycles. The van der Waals surface area contributed by atoms with Gasteiger partial charge in [0.05, 0.1) is 23.2 Å². The van der Waals surface area contributed by atoms with Gasteiger partial charge < -0.3 is 29.7 Å². The van der Waals surface area contributed by atoms with Crippen molar-refractivity contribution in [2.24, 2.45) is 11.3 Å². The van der Waals surface area contributed by atoms with E-state index in [1.54, 1.807) is 45.9 Å². The Bertz CT molecular complexity index is 2140. The SMILES string of the molecule is C[C@@H]1COc2cccc(c2)-c2cc3ccccc3nc2OC2C[C@@H](C(=O)NC3(C(=O)NS(=O)(=O)C4CC4)C[C@H]3C(F)F)N(C2)C(=O)[C@@H](C(C)(C)C)NC(=O)O1. The number of cyclic esters (lactones) is 1. The van der Waals surface area contributed by atoms with Gasteiger partial charge in [0.25, 0.3) is 5.91 Å². The second kappa shape index (κ2) is 14.2. The number of halogens is 2. The molecule has 3 fully saturated rings. The number of rotatable bonds is 6. The van der Waals surface area contributed by atoms with Crippen molar-refractivity contribution in [2.75, 3.05) is 13.2 Å². The summed E-state index contributed by atoms with van der Waals surface area (Å²) >= 11 is 0. The summed E-state index contributed by atoms with van der Waals surface area (Å²) < 4.78 is 73.6. The van der Waals surface area contributed by atoms with E-state index in [1.165, 1.54) is 4.90 Å². The van der Waals surface area contributed by atoms with Gasteiger partial charge in [0.15, 0.2) is 0 Å². The lowest BCUT2D eigenvalue weighted by Crippen LogP contribution is -2.60. The Morgan fingerprint density at radius 3 is 2.49 bits per heavy atom. The molecular weight excluding hydrogens is 741 g/mol. The molecule has 3 N–H and O–H groups in total. The minimum atomic E-state index is -4.14. The number of para-hydroxylation sites is 1. The number of ether oxygens (including phenoxy) is 3. The molecule has 17 heteroatoms. The van der Waals surface area contributed by atoms with Crippen LogP contribution in [-0.4, -0.2) is 96.8 Å². The molecule has 6 atom stereocenters. The van der Waals surface area contributed by atoms with Crippen molar-refractivity contribution >= 4 is 44.7 Å². The number of sulfonamides is 1. The summed E-state index contributed by atoms with van der Waals surface area (Å²) in [5.41, 5.74) is -1.28. The fourth-order valence-electron chi connectivity index (χ4n) is 7.12. The molecule has 1 saturated heterocycles. The Labute approximate surface area is 316 Å². The van der Waals surface area contributed by atoms with E-state index in [0.717, 1.165) is 5.39 Å². The highest BCUT2D eigenvalue weighted by Gasteiger charge is 2.67. The zero-order valence-corrected chi connectivity index (χ0v) is 31.5. The number of fused-ring (bicyclic) bond motifs is 7. The van der Waals surface area contributed by atoms with Gasteiger partial charge in [0, 0.05) is 17.4 Å². The van der Waals surface area contributed by atoms with E-state index in [2.05, 4.69) is 10.6 Å². The quantitative estimate of drug-likeness (QED) is 0.332. The predicted molar refractivity (Wildman–Crippen MR) is 195 cm³/mol. The molecule has 1 aromatic heterocycles. The van der Waals surface area contributed by atoms with Crippen LogP contribution in [0.1, 0.15) is 53.4 Å². The number of carbonyl (C=O) groups excluding carboxylic acids is 4. The van der Waals surface area contributed by atoms with Crippen molar-refractivity contribution in [1.82, 2.24) is 25.2 Å². The maximum atomic E-state index is 14.5. The molecule has 0 radical (unpaired) electrons. The molecule has 55 heavy (non-hydrogen) atoms. The molecule has 2 aromatic carbocycles. The molecule has 0 spiro atoms. The summed E-state index contributed by atoms with van der Waals surface area (Å²) in [7, 11) is -4.14. The highest BCUT2D eigenvalue weighted by molar-refractivity contribution is 7.91. The number of pyridine rings is 1. The molecule has 2 aliphatic heterocycles. The van der Waals surface area contributed by atoms with E-state index in [-0.39, 0.29) is 25.5 Å². The summed E-state index contributed by atoms with van der Waals surface area (Å²) in [6.45, 7) is 6.54. The highest BCUT2D eigenvalue weighted by Crippen LogP contribution is 2.48. The zero-order valence-electron chi connectivity index (χ0n) is 30.7. The minimum Gasteiger partial charge on any atom is -0.490 e. The molecule has 294 valence electrons. The standard InChI is InChI=1S/C38H43F2N5O9S/c1-20-19-52-23-10-7-9-21(14-23)26-15-22-8-5-6-11-28(22)41-33(26)54-24-16-29(45(18-24)34(47)30(37(2,3)4)42-36(49)53-20)32(46)43-38(17-27(38)31(39)40)35(48)44-55(50,51)25-12-13-25/h5-11,14-15,20,24-25,27,29-31H,12-13,16-19H2,1-4H3,(H,42,49)(H,43,46)(H,44,48)/t20-,24?,27+,29+,30+,38?/m1/s1. The zero-order chi connectivity index (χ0) is 39.4. The average molecular weight is 784 g/mol. The number of carbonyl (C=O) groups is 4. The van der Waals surface area contributed by atoms with Gasteiger partial charge in [-0.2, -0.15) is 0 Å². The smallest absolute Gasteiger partial charge is 0.408 e. The van der Waals surface area contributed by atoms with Crippen LogP contribution in [-0.2, 0) is 29.1 Å². The number of nitrogens with zero attached hydrogens (tertiary/aromatic N) is 2. The van der Waals surface area contributed by atoms with Gasteiger partial charge in [-0.1, -0.05) is 51.1 Å². The van der Waals surface area contributed by atoms with Gasteiger partial charge in [-0.3, -0.25) is 19.1 Å². The summed E-state index contributed by atoms with van der Waals surface area (Å²) in [5, 5.41) is 5.06. The number of benzene rings is 2. The second-order valence-corrected chi connectivity index (χ2v) is 17.8. The molecule has 2 aliphatic carbocycles. The van der Waals surface area contributed by atoms with Crippen LogP contribution in [0.3, 0.4) is 0 Å². The molecule has 4 bridgehead atoms. The Morgan fingerprint density at radius 2 is 1.80 bits per heavy atom. The summed E-state index contributed by atoms with van der Waals surface area (Å²) in [5.74, 6) is -3.91. The fourth-order valence-corrected chi connectivity index (χ4v) is 8.48. The first-order valence-electron chi connectivity index (χ1n) is 18.2. The van der Waals surface area contributed by atoms with Gasteiger partial charge in [-0.15, -0.1) is 0 Å². The van der Waals surface area contributed by atoms with Crippen LogP contribution in [0, 0.1) is 11.3 Å². The number of amides is 4. The summed E-state index contributed by atoms with van der Waals surface area (Å²) in [6.07, 6.45) is -5.63. The number of nitrogens with one attached hydrogen (secondary N) is 3. The molecule has 4 amide bonds. The van der Waals surface area contributed by atoms with Gasteiger partial charge in [-0.25, -0.2) is 27.0 Å². The van der Waals surface area contributed by atoms with Crippen LogP contribution in [0.15, 0.2) is 54.6 Å². The molecule has 7 rings (SSSR count). The number of aromatic nitrogens is 1. The number of alkyl carbamates (subject to hydrolysis) is 1. The first kappa shape index (κ1) is 38.2. The summed E-state index contributed by atoms with van der Waals surface area (Å²) in [4.78, 5) is 61.4. The molecule has 14 nitrogen and oxygen atoms in total. The topological polar surface area (TPSA) is 182 Å². The Kier molecular flexibility index (Phi) is 9.88. The second-order valence-electron chi connectivity index (χ2n) is 15.8. The fraction of sp³-hybridized carbons (Fsp3) is 0.500. The van der Waals surface area contributed by atoms with Crippen LogP contribution >= 0.6 is 0 Å². The van der Waals surface area contributed by atoms with Crippen LogP contribution in [0.2, 0.25) is 0 Å². The third-order valence-corrected chi connectivity index (χ3v) is 12.2. The van der Waals surface area contributed by atoms with Crippen LogP contribution in [0.4, 0.5) is 13.6 Å². The maximum absolute atomic E-state index is 14.5. The Balaban J connectivity index is 1.27. The highest BCUT2D eigenvalue weighted by atomic mass is 32.2. The lowest BCUT2D eigenvalue weighted by molar-refractivity contribution is -0.143. The van der Waals surface area contributed by atoms with Gasteiger partial charge in [0.2, 0.25) is 34.1 Å². The van der Waals surface area contributed by atoms with Crippen molar-refractivity contribution in [3.63, 3.8) is 0 Å². The largest absolute Gasteiger partial charge is 0.490 e. The van der Waals surface area contributed by atoms with Crippen molar-refractivity contribution in [2.45, 2.75) is 94.9 Å². The third kappa shape index (κ3) is 7.89. The van der Waals surface area contributed by atoms with E-state index in [1.807, 2.05) is 41.1 Å². The normalized spacial score (nSPS) is 27.2. The monoisotopic (exact) mass is 783 g/mol. The predicted octanol–water partition coefficient (Wildman–Crippen LogP) is 3.92. The number of hydrogen-bond donors (Lipinski definition) is 3. The molecule has 3 heterocycles. The third-order valence-electron chi connectivity index (χ3n) is 10.4. The lowest BCUT2D eigenvalue weighted by atomic mass is 9.85. The molecular formula is C38H43F2N5O9S. The maximum Gasteiger partial charge on any atom is 0.408 e. The average Bonchev–Trinajstić information content (AvgIpc) is 4.05. The molecule has 3 aromatic rings. The molecule has 2 unspecified atom stereocenters. The van der Waals surface area contributed by atoms with Crippen molar-refractivity contribution in [3.8, 4) is 22.8 Å². The van der Waals surface area contributed by atoms with Crippen molar-refractivity contribution in [3.05, 3.63) is 54.6 Å². The van der Waals surface area contributed by atoms with E-state index >= 15 is 0 Å². The molecule has 4 aliphatic rings. The first-order chi connectivity index (χ1) is 25.9. The lowest BCUT2D eigenvalue weighted by Gasteiger charge is -2.35. The van der Waals surface area contributed by atoms with Crippen LogP contribution < -0.4 is 24.8 Å². The summed E-state index contributed by atoms with van der Waals surface area (Å²) in [6, 6.07) is 13.8. The van der Waals surface area contributed by atoms with Gasteiger partial charge in [0.1, 0.15) is 42.2 Å². The van der Waals surface area contributed by atoms with Crippen LogP contribution in [0.5, 0.6) is 11.6 Å². The van der Waals surface area contributed by atoms with Crippen molar-refractivity contribution in [1.29, 1.82) is 0 Å². The Morgan fingerprint density at radius 1 is 1.05 bits per heavy atom. The number of hydrogen-bond acceptors (Lipinski definition) is 10. The Hall–Kier alpha value is -5.06. The minimum absolute atomic E-state index is 0.0162. The van der Waals surface area contributed by atoms with E-state index < -0.39 is 93.1 Å². The first-order valence-corrected chi connectivity index (χ1v) is 19.7. The number of alkyl halides is 2. The van der Waals surface area contributed by atoms with Gasteiger partial charge >= 0.3 is 6.09 Å². The van der Waals surface area contributed by atoms with Crippen molar-refractivity contribution < 1.29 is 50.6 Å². The van der Waals surface area contributed by atoms with E-state index in [0.29, 0.717) is 35.2 Å². The van der Waals surface area contributed by atoms with E-state index in [9.17, 15) is 36.4 Å².